The summed E-state index contributed by atoms with van der Waals surface area (Å²) in [5, 5.41) is 18.3. The van der Waals surface area contributed by atoms with E-state index in [9.17, 15) is 14.7 Å². The van der Waals surface area contributed by atoms with E-state index in [4.69, 9.17) is 11.1 Å². The Hall–Kier alpha value is -3.19. The molecule has 2 fully saturated rings. The Labute approximate surface area is 169 Å². The maximum atomic E-state index is 12.8. The van der Waals surface area contributed by atoms with E-state index in [0.717, 1.165) is 0 Å². The van der Waals surface area contributed by atoms with Crippen LogP contribution in [0.1, 0.15) is 34.3 Å². The molecule has 0 spiro atoms. The first kappa shape index (κ1) is 19.1. The van der Waals surface area contributed by atoms with Crippen LogP contribution >= 0.6 is 0 Å². The number of para-hydroxylation sites is 1. The summed E-state index contributed by atoms with van der Waals surface area (Å²) in [5.41, 5.74) is 7.54. The van der Waals surface area contributed by atoms with Gasteiger partial charge in [-0.2, -0.15) is 0 Å². The number of carbonyl (C=O) groups excluding carboxylic acids is 2. The van der Waals surface area contributed by atoms with Crippen molar-refractivity contribution in [2.45, 2.75) is 18.4 Å². The standard InChI is InChI=1S/C22H24N4O3/c23-18-4-2-1-3-17(18)19(24)15-5-7-16(8-6-15)20(27)25-11-13-26(14-12-25)21(28)22(29)9-10-22/h1-8,24,29H,9-14,23H2. The molecule has 0 atom stereocenters. The van der Waals surface area contributed by atoms with Crippen LogP contribution in [0.2, 0.25) is 0 Å². The third kappa shape index (κ3) is 3.73. The van der Waals surface area contributed by atoms with Crippen molar-refractivity contribution >= 4 is 23.2 Å². The molecule has 7 heteroatoms. The van der Waals surface area contributed by atoms with Crippen molar-refractivity contribution in [3.8, 4) is 0 Å². The van der Waals surface area contributed by atoms with Gasteiger partial charge in [0.25, 0.3) is 11.8 Å². The lowest BCUT2D eigenvalue weighted by molar-refractivity contribution is -0.143. The molecule has 1 aliphatic heterocycles. The first-order valence-electron chi connectivity index (χ1n) is 9.74. The summed E-state index contributed by atoms with van der Waals surface area (Å²) >= 11 is 0. The lowest BCUT2D eigenvalue weighted by atomic mass is 9.99. The van der Waals surface area contributed by atoms with Crippen molar-refractivity contribution < 1.29 is 14.7 Å². The fourth-order valence-electron chi connectivity index (χ4n) is 3.58. The van der Waals surface area contributed by atoms with Gasteiger partial charge in [0.1, 0.15) is 5.60 Å². The summed E-state index contributed by atoms with van der Waals surface area (Å²) < 4.78 is 0. The van der Waals surface area contributed by atoms with Crippen LogP contribution in [0.15, 0.2) is 48.5 Å². The Morgan fingerprint density at radius 1 is 0.897 bits per heavy atom. The fraction of sp³-hybridized carbons (Fsp3) is 0.318. The molecule has 1 saturated heterocycles. The molecule has 0 radical (unpaired) electrons. The van der Waals surface area contributed by atoms with Crippen LogP contribution in [-0.2, 0) is 4.79 Å². The van der Waals surface area contributed by atoms with E-state index in [-0.39, 0.29) is 11.8 Å². The van der Waals surface area contributed by atoms with Crippen LogP contribution in [0.5, 0.6) is 0 Å². The molecular weight excluding hydrogens is 368 g/mol. The van der Waals surface area contributed by atoms with Gasteiger partial charge in [0.2, 0.25) is 0 Å². The number of hydrogen-bond donors (Lipinski definition) is 3. The quantitative estimate of drug-likeness (QED) is 0.541. The molecule has 2 aromatic carbocycles. The van der Waals surface area contributed by atoms with E-state index in [0.29, 0.717) is 67.1 Å². The Bertz CT molecular complexity index is 958. The second-order valence-corrected chi connectivity index (χ2v) is 7.66. The van der Waals surface area contributed by atoms with Crippen LogP contribution in [-0.4, -0.2) is 64.2 Å². The lowest BCUT2D eigenvalue weighted by Gasteiger charge is -2.35. The maximum Gasteiger partial charge on any atom is 0.254 e. The van der Waals surface area contributed by atoms with E-state index < -0.39 is 5.60 Å². The Morgan fingerprint density at radius 2 is 1.45 bits per heavy atom. The highest BCUT2D eigenvalue weighted by Crippen LogP contribution is 2.37. The molecule has 2 aromatic rings. The smallest absolute Gasteiger partial charge is 0.254 e. The van der Waals surface area contributed by atoms with E-state index in [1.807, 2.05) is 12.1 Å². The monoisotopic (exact) mass is 392 g/mol. The molecule has 4 N–H and O–H groups in total. The molecule has 4 rings (SSSR count). The highest BCUT2D eigenvalue weighted by Gasteiger charge is 2.50. The Balaban J connectivity index is 1.39. The number of carbonyl (C=O) groups is 2. The van der Waals surface area contributed by atoms with Crippen LogP contribution in [0, 0.1) is 5.41 Å². The van der Waals surface area contributed by atoms with Gasteiger partial charge in [-0.15, -0.1) is 0 Å². The van der Waals surface area contributed by atoms with E-state index >= 15 is 0 Å². The minimum absolute atomic E-state index is 0.0976. The molecule has 1 aliphatic carbocycles. The minimum atomic E-state index is -1.16. The SMILES string of the molecule is N=C(c1ccc(C(=O)N2CCN(C(=O)C3(O)CC3)CC2)cc1)c1ccccc1N. The predicted molar refractivity (Wildman–Crippen MR) is 110 cm³/mol. The summed E-state index contributed by atoms with van der Waals surface area (Å²) in [4.78, 5) is 28.4. The number of aliphatic hydroxyl groups is 1. The highest BCUT2D eigenvalue weighted by molar-refractivity contribution is 6.14. The molecule has 0 aromatic heterocycles. The van der Waals surface area contributed by atoms with Crippen molar-refractivity contribution in [1.82, 2.24) is 9.80 Å². The summed E-state index contributed by atoms with van der Waals surface area (Å²) in [6.07, 6.45) is 1.06. The predicted octanol–water partition coefficient (Wildman–Crippen LogP) is 1.49. The van der Waals surface area contributed by atoms with E-state index in [2.05, 4.69) is 0 Å². The molecule has 1 heterocycles. The van der Waals surface area contributed by atoms with E-state index in [1.54, 1.807) is 46.2 Å². The summed E-state index contributed by atoms with van der Waals surface area (Å²) in [6.45, 7) is 1.75. The first-order valence-corrected chi connectivity index (χ1v) is 9.74. The molecule has 7 nitrogen and oxygen atoms in total. The van der Waals surface area contributed by atoms with Crippen LogP contribution in [0.4, 0.5) is 5.69 Å². The molecule has 150 valence electrons. The van der Waals surface area contributed by atoms with Gasteiger partial charge in [-0.25, -0.2) is 0 Å². The first-order chi connectivity index (χ1) is 13.9. The van der Waals surface area contributed by atoms with Crippen molar-refractivity contribution in [1.29, 1.82) is 5.41 Å². The van der Waals surface area contributed by atoms with Crippen molar-refractivity contribution in [2.75, 3.05) is 31.9 Å². The Morgan fingerprint density at radius 3 is 2.03 bits per heavy atom. The fourth-order valence-corrected chi connectivity index (χ4v) is 3.58. The number of nitrogen functional groups attached to an aromatic ring is 1. The molecule has 29 heavy (non-hydrogen) atoms. The zero-order valence-electron chi connectivity index (χ0n) is 16.1. The zero-order chi connectivity index (χ0) is 20.6. The van der Waals surface area contributed by atoms with Gasteiger partial charge in [0.05, 0.1) is 5.71 Å². The minimum Gasteiger partial charge on any atom is -0.398 e. The molecule has 1 saturated carbocycles. The van der Waals surface area contributed by atoms with Crippen molar-refractivity contribution in [3.05, 3.63) is 65.2 Å². The van der Waals surface area contributed by atoms with Gasteiger partial charge in [-0.1, -0.05) is 30.3 Å². The number of rotatable bonds is 4. The van der Waals surface area contributed by atoms with Crippen LogP contribution in [0.3, 0.4) is 0 Å². The van der Waals surface area contributed by atoms with E-state index in [1.165, 1.54) is 0 Å². The molecule has 0 unspecified atom stereocenters. The van der Waals surface area contributed by atoms with Crippen LogP contribution in [0.25, 0.3) is 0 Å². The second kappa shape index (κ2) is 7.33. The Kier molecular flexibility index (Phi) is 4.84. The van der Waals surface area contributed by atoms with Gasteiger partial charge < -0.3 is 20.6 Å². The number of nitrogens with one attached hydrogen (secondary N) is 1. The number of amides is 2. The van der Waals surface area contributed by atoms with Gasteiger partial charge in [-0.3, -0.25) is 15.0 Å². The highest BCUT2D eigenvalue weighted by atomic mass is 16.3. The molecule has 2 amide bonds. The average Bonchev–Trinajstić information content (AvgIpc) is 3.51. The number of nitrogens with zero attached hydrogens (tertiary/aromatic N) is 2. The van der Waals surface area contributed by atoms with Crippen molar-refractivity contribution in [2.24, 2.45) is 0 Å². The normalized spacial score (nSPS) is 17.7. The third-order valence-electron chi connectivity index (χ3n) is 5.63. The molecular formula is C22H24N4O3. The average molecular weight is 392 g/mol. The zero-order valence-corrected chi connectivity index (χ0v) is 16.1. The van der Waals surface area contributed by atoms with Gasteiger partial charge in [0.15, 0.2) is 0 Å². The summed E-state index contributed by atoms with van der Waals surface area (Å²) in [5.74, 6) is -0.313. The van der Waals surface area contributed by atoms with Crippen LogP contribution < -0.4 is 5.73 Å². The summed E-state index contributed by atoms with van der Waals surface area (Å²) in [7, 11) is 0. The van der Waals surface area contributed by atoms with Crippen molar-refractivity contribution in [3.63, 3.8) is 0 Å². The van der Waals surface area contributed by atoms with Gasteiger partial charge in [0, 0.05) is 48.6 Å². The number of benzene rings is 2. The second-order valence-electron chi connectivity index (χ2n) is 7.66. The van der Waals surface area contributed by atoms with Gasteiger partial charge in [-0.05, 0) is 31.0 Å². The number of piperazine rings is 1. The maximum absolute atomic E-state index is 12.8. The molecule has 0 bridgehead atoms. The lowest BCUT2D eigenvalue weighted by Crippen LogP contribution is -2.53. The van der Waals surface area contributed by atoms with Gasteiger partial charge >= 0.3 is 0 Å². The largest absolute Gasteiger partial charge is 0.398 e. The third-order valence-corrected chi connectivity index (χ3v) is 5.63. The number of hydrogen-bond acceptors (Lipinski definition) is 5. The topological polar surface area (TPSA) is 111 Å². The summed E-state index contributed by atoms with van der Waals surface area (Å²) in [6, 6.07) is 14.2. The number of anilines is 1. The number of nitrogens with two attached hydrogens (primary N) is 1. The molecule has 2 aliphatic rings.